The Morgan fingerprint density at radius 1 is 1.29 bits per heavy atom. The lowest BCUT2D eigenvalue weighted by Gasteiger charge is -2.07. The predicted molar refractivity (Wildman–Crippen MR) is 85.4 cm³/mol. The van der Waals surface area contributed by atoms with E-state index in [-0.39, 0.29) is 10.6 Å². The Hall–Kier alpha value is -0.810. The molecule has 0 spiro atoms. The van der Waals surface area contributed by atoms with E-state index in [1.807, 2.05) is 0 Å². The van der Waals surface area contributed by atoms with E-state index in [1.165, 1.54) is 0 Å². The molecule has 0 aliphatic carbocycles. The van der Waals surface area contributed by atoms with Gasteiger partial charge in [0, 0.05) is 4.47 Å². The normalized spacial score (nSPS) is 11.4. The smallest absolute Gasteiger partial charge is 0.265 e. The highest BCUT2D eigenvalue weighted by molar-refractivity contribution is 9.13. The molecular weight excluding hydrogens is 451 g/mol. The second-order valence-corrected chi connectivity index (χ2v) is 8.66. The molecule has 1 aromatic carbocycles. The number of carbonyl (C=O) groups excluding carboxylic acids is 1. The van der Waals surface area contributed by atoms with E-state index >= 15 is 0 Å². The molecule has 1 heterocycles. The standard InChI is InChI=1S/C11H7Br2FN2O3S2/c12-6-4-9(20-10(6)13)11(17)16-8-3-5(21(15,18)19)1-2-7(8)14/h1-4H,(H,16,17)(H2,15,18,19). The van der Waals surface area contributed by atoms with Crippen molar-refractivity contribution in [1.29, 1.82) is 0 Å². The molecule has 0 saturated carbocycles. The van der Waals surface area contributed by atoms with Gasteiger partial charge in [0.25, 0.3) is 5.91 Å². The zero-order valence-electron chi connectivity index (χ0n) is 10.1. The number of amides is 1. The molecule has 1 amide bonds. The summed E-state index contributed by atoms with van der Waals surface area (Å²) in [5.74, 6) is -1.32. The highest BCUT2D eigenvalue weighted by Crippen LogP contribution is 2.33. The number of sulfonamides is 1. The van der Waals surface area contributed by atoms with Gasteiger partial charge < -0.3 is 5.32 Å². The third-order valence-electron chi connectivity index (χ3n) is 2.38. The Labute approximate surface area is 140 Å². The van der Waals surface area contributed by atoms with E-state index in [1.54, 1.807) is 6.07 Å². The van der Waals surface area contributed by atoms with Crippen molar-refractivity contribution in [2.24, 2.45) is 5.14 Å². The average molecular weight is 458 g/mol. The first-order valence-corrected chi connectivity index (χ1v) is 9.22. The van der Waals surface area contributed by atoms with Gasteiger partial charge in [-0.25, -0.2) is 17.9 Å². The van der Waals surface area contributed by atoms with Crippen molar-refractivity contribution in [3.63, 3.8) is 0 Å². The lowest BCUT2D eigenvalue weighted by Crippen LogP contribution is -2.15. The van der Waals surface area contributed by atoms with Crippen LogP contribution in [0.3, 0.4) is 0 Å². The molecule has 0 unspecified atom stereocenters. The zero-order valence-corrected chi connectivity index (χ0v) is 14.9. The van der Waals surface area contributed by atoms with Gasteiger partial charge in [-0.05, 0) is 56.1 Å². The van der Waals surface area contributed by atoms with E-state index in [9.17, 15) is 17.6 Å². The largest absolute Gasteiger partial charge is 0.319 e. The van der Waals surface area contributed by atoms with Crippen LogP contribution in [-0.2, 0) is 10.0 Å². The van der Waals surface area contributed by atoms with Crippen LogP contribution in [0.15, 0.2) is 37.4 Å². The Balaban J connectivity index is 2.33. The summed E-state index contributed by atoms with van der Waals surface area (Å²) in [7, 11) is -3.98. The van der Waals surface area contributed by atoms with Crippen LogP contribution >= 0.6 is 43.2 Å². The molecule has 10 heteroatoms. The van der Waals surface area contributed by atoms with Crippen LogP contribution in [0.25, 0.3) is 0 Å². The summed E-state index contributed by atoms with van der Waals surface area (Å²) in [6, 6.07) is 4.49. The topological polar surface area (TPSA) is 89.3 Å². The second-order valence-electron chi connectivity index (χ2n) is 3.87. The first kappa shape index (κ1) is 16.6. The van der Waals surface area contributed by atoms with Crippen LogP contribution in [0.1, 0.15) is 9.67 Å². The van der Waals surface area contributed by atoms with Crippen molar-refractivity contribution in [2.75, 3.05) is 5.32 Å². The van der Waals surface area contributed by atoms with Gasteiger partial charge in [-0.1, -0.05) is 0 Å². The maximum absolute atomic E-state index is 13.7. The number of thiophene rings is 1. The molecule has 0 bridgehead atoms. The number of primary sulfonamides is 1. The number of anilines is 1. The van der Waals surface area contributed by atoms with Crippen LogP contribution in [-0.4, -0.2) is 14.3 Å². The summed E-state index contributed by atoms with van der Waals surface area (Å²) in [6.45, 7) is 0. The summed E-state index contributed by atoms with van der Waals surface area (Å²) in [5.41, 5.74) is -0.257. The Morgan fingerprint density at radius 2 is 1.95 bits per heavy atom. The van der Waals surface area contributed by atoms with Crippen LogP contribution < -0.4 is 10.5 Å². The fraction of sp³-hybridized carbons (Fsp3) is 0. The zero-order chi connectivity index (χ0) is 15.8. The van der Waals surface area contributed by atoms with Gasteiger partial charge in [0.2, 0.25) is 10.0 Å². The summed E-state index contributed by atoms with van der Waals surface area (Å²) in [6.07, 6.45) is 0. The number of rotatable bonds is 3. The first-order valence-electron chi connectivity index (χ1n) is 5.27. The lowest BCUT2D eigenvalue weighted by atomic mass is 10.3. The van der Waals surface area contributed by atoms with Crippen molar-refractivity contribution in [2.45, 2.75) is 4.90 Å². The maximum atomic E-state index is 13.7. The molecule has 0 aliphatic rings. The van der Waals surface area contributed by atoms with Gasteiger partial charge in [-0.3, -0.25) is 4.79 Å². The molecular formula is C11H7Br2FN2O3S2. The third kappa shape index (κ3) is 3.89. The quantitative estimate of drug-likeness (QED) is 0.740. The van der Waals surface area contributed by atoms with Crippen LogP contribution in [0, 0.1) is 5.82 Å². The Morgan fingerprint density at radius 3 is 2.48 bits per heavy atom. The van der Waals surface area contributed by atoms with Crippen molar-refractivity contribution >= 4 is 64.8 Å². The molecule has 2 aromatic rings. The highest BCUT2D eigenvalue weighted by Gasteiger charge is 2.16. The van der Waals surface area contributed by atoms with Gasteiger partial charge in [-0.15, -0.1) is 11.3 Å². The van der Waals surface area contributed by atoms with Gasteiger partial charge in [0.15, 0.2) is 0 Å². The Bertz CT molecular complexity index is 801. The molecule has 112 valence electrons. The number of carbonyl (C=O) groups is 1. The number of hydrogen-bond donors (Lipinski definition) is 2. The maximum Gasteiger partial charge on any atom is 0.265 e. The molecule has 2 rings (SSSR count). The summed E-state index contributed by atoms with van der Waals surface area (Å²) >= 11 is 7.63. The monoisotopic (exact) mass is 456 g/mol. The molecule has 0 atom stereocenters. The average Bonchev–Trinajstić information content (AvgIpc) is 2.71. The summed E-state index contributed by atoms with van der Waals surface area (Å²) < 4.78 is 37.5. The van der Waals surface area contributed by atoms with Crippen LogP contribution in [0.2, 0.25) is 0 Å². The van der Waals surface area contributed by atoms with E-state index in [2.05, 4.69) is 37.2 Å². The fourth-order valence-corrected chi connectivity index (χ4v) is 3.89. The second kappa shape index (κ2) is 6.13. The first-order chi connectivity index (χ1) is 9.68. The Kier molecular flexibility index (Phi) is 4.83. The third-order valence-corrected chi connectivity index (χ3v) is 6.55. The minimum Gasteiger partial charge on any atom is -0.319 e. The molecule has 0 aliphatic heterocycles. The summed E-state index contributed by atoms with van der Waals surface area (Å²) in [4.78, 5) is 12.0. The molecule has 5 nitrogen and oxygen atoms in total. The van der Waals surface area contributed by atoms with Gasteiger partial charge in [-0.2, -0.15) is 0 Å². The van der Waals surface area contributed by atoms with Crippen molar-refractivity contribution in [1.82, 2.24) is 0 Å². The van der Waals surface area contributed by atoms with E-state index in [0.717, 1.165) is 29.5 Å². The highest BCUT2D eigenvalue weighted by atomic mass is 79.9. The number of benzene rings is 1. The lowest BCUT2D eigenvalue weighted by molar-refractivity contribution is 0.103. The SMILES string of the molecule is NS(=O)(=O)c1ccc(F)c(NC(=O)c2cc(Br)c(Br)s2)c1. The van der Waals surface area contributed by atoms with Gasteiger partial charge >= 0.3 is 0 Å². The number of halogens is 3. The number of hydrogen-bond acceptors (Lipinski definition) is 4. The van der Waals surface area contributed by atoms with Crippen molar-refractivity contribution in [3.05, 3.63) is 43.2 Å². The predicted octanol–water partition coefficient (Wildman–Crippen LogP) is 3.31. The van der Waals surface area contributed by atoms with E-state index in [0.29, 0.717) is 13.1 Å². The molecule has 0 fully saturated rings. The van der Waals surface area contributed by atoms with Crippen molar-refractivity contribution in [3.8, 4) is 0 Å². The number of nitrogens with two attached hydrogens (primary N) is 1. The van der Waals surface area contributed by atoms with E-state index < -0.39 is 21.7 Å². The van der Waals surface area contributed by atoms with Crippen LogP contribution in [0.5, 0.6) is 0 Å². The van der Waals surface area contributed by atoms with E-state index in [4.69, 9.17) is 5.14 Å². The minimum absolute atomic E-state index is 0.257. The number of nitrogens with one attached hydrogen (secondary N) is 1. The molecule has 0 saturated heterocycles. The molecule has 0 radical (unpaired) electrons. The molecule has 21 heavy (non-hydrogen) atoms. The summed E-state index contributed by atoms with van der Waals surface area (Å²) in [5, 5.41) is 7.28. The minimum atomic E-state index is -3.98. The van der Waals surface area contributed by atoms with Crippen LogP contribution in [0.4, 0.5) is 10.1 Å². The molecule has 3 N–H and O–H groups in total. The van der Waals surface area contributed by atoms with Crippen molar-refractivity contribution < 1.29 is 17.6 Å². The fourth-order valence-electron chi connectivity index (χ4n) is 1.42. The van der Waals surface area contributed by atoms with Gasteiger partial charge in [0.05, 0.1) is 19.2 Å². The molecule has 1 aromatic heterocycles. The van der Waals surface area contributed by atoms with Gasteiger partial charge in [0.1, 0.15) is 5.82 Å².